The van der Waals surface area contributed by atoms with Crippen LogP contribution in [0.25, 0.3) is 0 Å². The summed E-state index contributed by atoms with van der Waals surface area (Å²) in [6.45, 7) is 1.28. The van der Waals surface area contributed by atoms with Crippen molar-refractivity contribution in [1.29, 1.82) is 0 Å². The average molecular weight is 500 g/mol. The minimum absolute atomic E-state index is 0. The standard InChI is InChI=1S/C28H27F2NO3.ClH/c29-21-13-18(14-22(30)15-21)17-34-27-23-11-12-31(16-24(23)28(32)33)26(27)25(19-7-3-1-4-8-19)20-9-5-2-6-10-20;/h1-10,13-15,23-27H,11-12,16-17H2,(H,32,33);1H/t23-,24-,26+,27+;/m1./s1. The van der Waals surface area contributed by atoms with Crippen LogP contribution in [0.5, 0.6) is 0 Å². The summed E-state index contributed by atoms with van der Waals surface area (Å²) >= 11 is 0. The smallest absolute Gasteiger partial charge is 0.308 e. The van der Waals surface area contributed by atoms with Gasteiger partial charge in [-0.2, -0.15) is 0 Å². The first-order chi connectivity index (χ1) is 16.5. The topological polar surface area (TPSA) is 49.8 Å². The van der Waals surface area contributed by atoms with E-state index >= 15 is 0 Å². The molecule has 4 nitrogen and oxygen atoms in total. The maximum Gasteiger partial charge on any atom is 0.308 e. The van der Waals surface area contributed by atoms with Gasteiger partial charge >= 0.3 is 5.97 Å². The number of hydrogen-bond acceptors (Lipinski definition) is 3. The van der Waals surface area contributed by atoms with Gasteiger partial charge in [0.25, 0.3) is 0 Å². The van der Waals surface area contributed by atoms with Crippen LogP contribution in [0.1, 0.15) is 29.0 Å². The van der Waals surface area contributed by atoms with Crippen LogP contribution in [0.15, 0.2) is 78.9 Å². The Morgan fingerprint density at radius 3 is 2.09 bits per heavy atom. The Kier molecular flexibility index (Phi) is 7.85. The SMILES string of the molecule is Cl.O=C(O)[C@@H]1CN2CC[C@H]1[C@H](OCc1cc(F)cc(F)c1)[C@@H]2C(c1ccccc1)c1ccccc1. The van der Waals surface area contributed by atoms with Crippen molar-refractivity contribution in [3.05, 3.63) is 107 Å². The van der Waals surface area contributed by atoms with Crippen molar-refractivity contribution >= 4 is 18.4 Å². The highest BCUT2D eigenvalue weighted by atomic mass is 35.5. The van der Waals surface area contributed by atoms with Gasteiger partial charge in [-0.1, -0.05) is 60.7 Å². The van der Waals surface area contributed by atoms with Gasteiger partial charge in [0.05, 0.1) is 18.6 Å². The van der Waals surface area contributed by atoms with E-state index in [1.807, 2.05) is 36.4 Å². The highest BCUT2D eigenvalue weighted by Gasteiger charge is 2.53. The van der Waals surface area contributed by atoms with E-state index in [0.717, 1.165) is 23.7 Å². The molecular formula is C28H28ClF2NO3. The molecule has 0 saturated carbocycles. The van der Waals surface area contributed by atoms with Gasteiger partial charge in [-0.25, -0.2) is 8.78 Å². The van der Waals surface area contributed by atoms with Crippen LogP contribution in [0.3, 0.4) is 0 Å². The first-order valence-corrected chi connectivity index (χ1v) is 11.6. The lowest BCUT2D eigenvalue weighted by atomic mass is 9.68. The zero-order valence-corrected chi connectivity index (χ0v) is 19.9. The van der Waals surface area contributed by atoms with Gasteiger partial charge in [0.1, 0.15) is 11.6 Å². The largest absolute Gasteiger partial charge is 0.481 e. The lowest BCUT2D eigenvalue weighted by Gasteiger charge is -2.55. The molecule has 0 spiro atoms. The zero-order chi connectivity index (χ0) is 23.7. The molecule has 7 heteroatoms. The van der Waals surface area contributed by atoms with Gasteiger partial charge in [-0.15, -0.1) is 12.4 Å². The number of hydrogen-bond donors (Lipinski definition) is 1. The third kappa shape index (κ3) is 5.25. The molecule has 3 aliphatic heterocycles. The van der Waals surface area contributed by atoms with E-state index in [1.54, 1.807) is 0 Å². The minimum Gasteiger partial charge on any atom is -0.481 e. The fraction of sp³-hybridized carbons (Fsp3) is 0.321. The van der Waals surface area contributed by atoms with Gasteiger partial charge < -0.3 is 9.84 Å². The van der Waals surface area contributed by atoms with Crippen molar-refractivity contribution in [3.63, 3.8) is 0 Å². The van der Waals surface area contributed by atoms with E-state index in [0.29, 0.717) is 18.5 Å². The Bertz CT molecular complexity index is 1090. The van der Waals surface area contributed by atoms with Crippen molar-refractivity contribution in [2.24, 2.45) is 11.8 Å². The number of piperidine rings is 3. The number of halogens is 3. The molecule has 3 aromatic carbocycles. The second-order valence-electron chi connectivity index (χ2n) is 9.24. The van der Waals surface area contributed by atoms with Crippen LogP contribution in [0.2, 0.25) is 0 Å². The molecule has 3 aliphatic rings. The van der Waals surface area contributed by atoms with Crippen LogP contribution < -0.4 is 0 Å². The van der Waals surface area contributed by atoms with E-state index in [1.165, 1.54) is 12.1 Å². The molecule has 0 radical (unpaired) electrons. The number of carboxylic acid groups (broad SMARTS) is 1. The van der Waals surface area contributed by atoms with Crippen LogP contribution in [0, 0.1) is 23.5 Å². The molecule has 184 valence electrons. The number of benzene rings is 3. The third-order valence-corrected chi connectivity index (χ3v) is 7.22. The highest BCUT2D eigenvalue weighted by Crippen LogP contribution is 2.45. The molecule has 3 fully saturated rings. The summed E-state index contributed by atoms with van der Waals surface area (Å²) in [5.74, 6) is -2.88. The molecule has 3 aromatic rings. The predicted molar refractivity (Wildman–Crippen MR) is 132 cm³/mol. The van der Waals surface area contributed by atoms with E-state index in [4.69, 9.17) is 4.74 Å². The summed E-state index contributed by atoms with van der Waals surface area (Å²) in [7, 11) is 0. The Hall–Kier alpha value is -2.80. The third-order valence-electron chi connectivity index (χ3n) is 7.22. The lowest BCUT2D eigenvalue weighted by molar-refractivity contribution is -0.172. The molecule has 0 aliphatic carbocycles. The van der Waals surface area contributed by atoms with Crippen LogP contribution in [-0.2, 0) is 16.1 Å². The molecular weight excluding hydrogens is 472 g/mol. The van der Waals surface area contributed by atoms with Crippen LogP contribution >= 0.6 is 12.4 Å². The Morgan fingerprint density at radius 2 is 1.54 bits per heavy atom. The molecule has 1 N–H and O–H groups in total. The molecule has 3 heterocycles. The molecule has 5 atom stereocenters. The minimum atomic E-state index is -0.825. The van der Waals surface area contributed by atoms with Crippen molar-refractivity contribution in [2.75, 3.05) is 13.1 Å². The maximum absolute atomic E-state index is 13.8. The van der Waals surface area contributed by atoms with Gasteiger partial charge in [0.2, 0.25) is 0 Å². The maximum atomic E-state index is 13.8. The lowest BCUT2D eigenvalue weighted by Crippen LogP contribution is -2.65. The molecule has 3 saturated heterocycles. The summed E-state index contributed by atoms with van der Waals surface area (Å²) in [5, 5.41) is 9.91. The molecule has 2 bridgehead atoms. The Balaban J connectivity index is 0.00000289. The van der Waals surface area contributed by atoms with Gasteiger partial charge in [0.15, 0.2) is 0 Å². The number of aliphatic carboxylic acids is 1. The normalized spacial score (nSPS) is 25.3. The van der Waals surface area contributed by atoms with E-state index in [-0.39, 0.29) is 36.9 Å². The molecule has 0 amide bonds. The first-order valence-electron chi connectivity index (χ1n) is 11.6. The summed E-state index contributed by atoms with van der Waals surface area (Å²) in [6, 6.07) is 23.6. The highest BCUT2D eigenvalue weighted by molar-refractivity contribution is 5.85. The van der Waals surface area contributed by atoms with E-state index in [2.05, 4.69) is 29.2 Å². The zero-order valence-electron chi connectivity index (χ0n) is 19.1. The molecule has 1 unspecified atom stereocenters. The summed E-state index contributed by atoms with van der Waals surface area (Å²) in [6.07, 6.45) is 0.312. The van der Waals surface area contributed by atoms with Crippen LogP contribution in [0.4, 0.5) is 8.78 Å². The van der Waals surface area contributed by atoms with Crippen molar-refractivity contribution < 1.29 is 23.4 Å². The summed E-state index contributed by atoms with van der Waals surface area (Å²) in [4.78, 5) is 14.3. The van der Waals surface area contributed by atoms with E-state index in [9.17, 15) is 18.7 Å². The van der Waals surface area contributed by atoms with Crippen molar-refractivity contribution in [1.82, 2.24) is 4.90 Å². The Labute approximate surface area is 209 Å². The fourth-order valence-electron chi connectivity index (χ4n) is 5.80. The fourth-order valence-corrected chi connectivity index (χ4v) is 5.80. The van der Waals surface area contributed by atoms with Crippen molar-refractivity contribution in [3.8, 4) is 0 Å². The Morgan fingerprint density at radius 1 is 0.971 bits per heavy atom. The number of nitrogens with zero attached hydrogens (tertiary/aromatic N) is 1. The second-order valence-corrected chi connectivity index (χ2v) is 9.24. The van der Waals surface area contributed by atoms with E-state index < -0.39 is 29.6 Å². The quantitative estimate of drug-likeness (QED) is 0.466. The monoisotopic (exact) mass is 499 g/mol. The second kappa shape index (κ2) is 10.9. The molecule has 6 rings (SSSR count). The molecule has 35 heavy (non-hydrogen) atoms. The van der Waals surface area contributed by atoms with Gasteiger partial charge in [-0.3, -0.25) is 9.69 Å². The van der Waals surface area contributed by atoms with Crippen LogP contribution in [-0.4, -0.2) is 41.2 Å². The summed E-state index contributed by atoms with van der Waals surface area (Å²) in [5.41, 5.74) is 2.66. The number of fused-ring (bicyclic) bond motifs is 3. The van der Waals surface area contributed by atoms with Gasteiger partial charge in [-0.05, 0) is 41.8 Å². The average Bonchev–Trinajstić information content (AvgIpc) is 2.84. The number of carbonyl (C=O) groups is 1. The predicted octanol–water partition coefficient (Wildman–Crippen LogP) is 5.51. The number of rotatable bonds is 7. The molecule has 0 aromatic heterocycles. The first kappa shape index (κ1) is 25.3. The summed E-state index contributed by atoms with van der Waals surface area (Å²) < 4.78 is 33.9. The number of carboxylic acids is 1. The van der Waals surface area contributed by atoms with Crippen molar-refractivity contribution in [2.45, 2.75) is 31.1 Å². The number of ether oxygens (including phenoxy) is 1. The van der Waals surface area contributed by atoms with Gasteiger partial charge in [0, 0.05) is 30.5 Å².